The zero-order chi connectivity index (χ0) is 14.8. The van der Waals surface area contributed by atoms with Gasteiger partial charge in [-0.15, -0.1) is 12.4 Å². The minimum absolute atomic E-state index is 0. The molecule has 0 bridgehead atoms. The van der Waals surface area contributed by atoms with Crippen LogP contribution in [0.3, 0.4) is 0 Å². The van der Waals surface area contributed by atoms with Gasteiger partial charge < -0.3 is 5.73 Å². The van der Waals surface area contributed by atoms with Gasteiger partial charge in [0.1, 0.15) is 5.82 Å². The summed E-state index contributed by atoms with van der Waals surface area (Å²) in [5.74, 6) is -0.439. The molecule has 1 aliphatic carbocycles. The Labute approximate surface area is 139 Å². The zero-order valence-corrected chi connectivity index (χ0v) is 14.6. The molecular formula is C13H19BrClFN2O2S. The lowest BCUT2D eigenvalue weighted by molar-refractivity contribution is 0.296. The number of nitrogens with two attached hydrogens (primary N) is 1. The molecule has 1 aromatic rings. The normalized spacial score (nSPS) is 22.6. The minimum Gasteiger partial charge on any atom is -0.330 e. The topological polar surface area (TPSA) is 72.2 Å². The van der Waals surface area contributed by atoms with Crippen molar-refractivity contribution < 1.29 is 12.8 Å². The first-order valence-electron chi connectivity index (χ1n) is 6.61. The second-order valence-corrected chi connectivity index (χ2v) is 7.65. The van der Waals surface area contributed by atoms with Crippen molar-refractivity contribution in [2.24, 2.45) is 11.7 Å². The Morgan fingerprint density at radius 2 is 2.00 bits per heavy atom. The largest absolute Gasteiger partial charge is 0.330 e. The number of benzene rings is 1. The summed E-state index contributed by atoms with van der Waals surface area (Å²) in [7, 11) is -3.71. The standard InChI is InChI=1S/C13H18BrFN2O2S.ClH/c14-11-6-5-10(7-12(11)15)20(18,19)17-13-4-2-1-3-9(13)8-16;/h5-7,9,13,17H,1-4,8,16H2;1H. The molecule has 0 saturated heterocycles. The summed E-state index contributed by atoms with van der Waals surface area (Å²) in [6, 6.07) is 3.64. The molecule has 0 aromatic heterocycles. The van der Waals surface area contributed by atoms with E-state index in [1.807, 2.05) is 0 Å². The van der Waals surface area contributed by atoms with Crippen molar-refractivity contribution in [3.8, 4) is 0 Å². The lowest BCUT2D eigenvalue weighted by atomic mass is 9.85. The molecule has 21 heavy (non-hydrogen) atoms. The maximum Gasteiger partial charge on any atom is 0.240 e. The van der Waals surface area contributed by atoms with Crippen molar-refractivity contribution >= 4 is 38.4 Å². The summed E-state index contributed by atoms with van der Waals surface area (Å²) in [5.41, 5.74) is 5.69. The van der Waals surface area contributed by atoms with Crippen LogP contribution in [0.2, 0.25) is 0 Å². The Morgan fingerprint density at radius 3 is 2.62 bits per heavy atom. The van der Waals surface area contributed by atoms with Crippen LogP contribution in [0.15, 0.2) is 27.6 Å². The van der Waals surface area contributed by atoms with Gasteiger partial charge in [-0.25, -0.2) is 17.5 Å². The molecule has 2 atom stereocenters. The van der Waals surface area contributed by atoms with E-state index in [-0.39, 0.29) is 33.7 Å². The van der Waals surface area contributed by atoms with Crippen molar-refractivity contribution in [2.45, 2.75) is 36.6 Å². The molecule has 1 saturated carbocycles. The molecule has 2 unspecified atom stereocenters. The molecule has 1 aliphatic rings. The van der Waals surface area contributed by atoms with E-state index in [9.17, 15) is 12.8 Å². The Hall–Kier alpha value is -0.210. The summed E-state index contributed by atoms with van der Waals surface area (Å²) in [4.78, 5) is -0.0560. The van der Waals surface area contributed by atoms with Gasteiger partial charge in [0.25, 0.3) is 0 Å². The van der Waals surface area contributed by atoms with Crippen LogP contribution in [0.25, 0.3) is 0 Å². The fourth-order valence-corrected chi connectivity index (χ4v) is 4.15. The molecule has 0 heterocycles. The second-order valence-electron chi connectivity index (χ2n) is 5.08. The predicted octanol–water partition coefficient (Wildman–Crippen LogP) is 2.81. The summed E-state index contributed by atoms with van der Waals surface area (Å²) in [5, 5.41) is 0. The quantitative estimate of drug-likeness (QED) is 0.815. The molecule has 8 heteroatoms. The van der Waals surface area contributed by atoms with Crippen LogP contribution < -0.4 is 10.5 Å². The van der Waals surface area contributed by atoms with Crippen LogP contribution in [0, 0.1) is 11.7 Å². The van der Waals surface area contributed by atoms with E-state index in [1.54, 1.807) is 0 Å². The van der Waals surface area contributed by atoms with E-state index in [4.69, 9.17) is 5.73 Å². The third-order valence-corrected chi connectivity index (χ3v) is 5.85. The van der Waals surface area contributed by atoms with Gasteiger partial charge in [0.15, 0.2) is 0 Å². The van der Waals surface area contributed by atoms with Crippen LogP contribution in [0.1, 0.15) is 25.7 Å². The first-order chi connectivity index (χ1) is 9.44. The van der Waals surface area contributed by atoms with Crippen molar-refractivity contribution in [2.75, 3.05) is 6.54 Å². The van der Waals surface area contributed by atoms with Crippen LogP contribution in [-0.4, -0.2) is 21.0 Å². The first kappa shape index (κ1) is 18.8. The molecule has 1 fully saturated rings. The van der Waals surface area contributed by atoms with Crippen molar-refractivity contribution in [1.29, 1.82) is 0 Å². The molecule has 0 aliphatic heterocycles. The first-order valence-corrected chi connectivity index (χ1v) is 8.89. The number of nitrogens with one attached hydrogen (secondary N) is 1. The zero-order valence-electron chi connectivity index (χ0n) is 11.4. The number of rotatable bonds is 4. The third-order valence-electron chi connectivity index (χ3n) is 3.72. The average molecular weight is 402 g/mol. The van der Waals surface area contributed by atoms with Crippen LogP contribution in [0.5, 0.6) is 0 Å². The van der Waals surface area contributed by atoms with Gasteiger partial charge >= 0.3 is 0 Å². The Kier molecular flexibility index (Phi) is 7.06. The smallest absolute Gasteiger partial charge is 0.240 e. The molecule has 4 nitrogen and oxygen atoms in total. The fraction of sp³-hybridized carbons (Fsp3) is 0.538. The van der Waals surface area contributed by atoms with E-state index < -0.39 is 15.8 Å². The monoisotopic (exact) mass is 400 g/mol. The molecule has 0 radical (unpaired) electrons. The van der Waals surface area contributed by atoms with Gasteiger partial charge in [-0.1, -0.05) is 12.8 Å². The Morgan fingerprint density at radius 1 is 1.33 bits per heavy atom. The molecule has 0 spiro atoms. The van der Waals surface area contributed by atoms with Gasteiger partial charge in [-0.2, -0.15) is 0 Å². The minimum atomic E-state index is -3.71. The lowest BCUT2D eigenvalue weighted by Crippen LogP contribution is -2.44. The molecular weight excluding hydrogens is 383 g/mol. The van der Waals surface area contributed by atoms with Crippen LogP contribution in [-0.2, 0) is 10.0 Å². The van der Waals surface area contributed by atoms with Gasteiger partial charge in [0.05, 0.1) is 9.37 Å². The highest BCUT2D eigenvalue weighted by Gasteiger charge is 2.28. The fourth-order valence-electron chi connectivity index (χ4n) is 2.56. The van der Waals surface area contributed by atoms with E-state index in [0.29, 0.717) is 6.54 Å². The summed E-state index contributed by atoms with van der Waals surface area (Å²) < 4.78 is 41.0. The molecule has 120 valence electrons. The number of hydrogen-bond acceptors (Lipinski definition) is 3. The summed E-state index contributed by atoms with van der Waals surface area (Å²) in [6.07, 6.45) is 3.77. The molecule has 1 aromatic carbocycles. The summed E-state index contributed by atoms with van der Waals surface area (Å²) in [6.45, 7) is 0.460. The highest BCUT2D eigenvalue weighted by Crippen LogP contribution is 2.26. The van der Waals surface area contributed by atoms with Gasteiger partial charge in [-0.05, 0) is 59.4 Å². The second kappa shape index (κ2) is 7.87. The molecule has 2 rings (SSSR count). The Balaban J connectivity index is 0.00000220. The van der Waals surface area contributed by atoms with Crippen LogP contribution in [0.4, 0.5) is 4.39 Å². The maximum absolute atomic E-state index is 13.5. The molecule has 0 amide bonds. The number of halogens is 3. The maximum atomic E-state index is 13.5. The van der Waals surface area contributed by atoms with Gasteiger partial charge in [0.2, 0.25) is 10.0 Å². The number of sulfonamides is 1. The highest BCUT2D eigenvalue weighted by molar-refractivity contribution is 9.10. The van der Waals surface area contributed by atoms with Gasteiger partial charge in [0, 0.05) is 6.04 Å². The SMILES string of the molecule is Cl.NCC1CCCCC1NS(=O)(=O)c1ccc(Br)c(F)c1. The lowest BCUT2D eigenvalue weighted by Gasteiger charge is -2.31. The van der Waals surface area contributed by atoms with Crippen LogP contribution >= 0.6 is 28.3 Å². The van der Waals surface area contributed by atoms with E-state index in [0.717, 1.165) is 31.7 Å². The Bertz CT molecular complexity index is 586. The summed E-state index contributed by atoms with van der Waals surface area (Å²) >= 11 is 3.01. The van der Waals surface area contributed by atoms with Crippen molar-refractivity contribution in [3.63, 3.8) is 0 Å². The molecule has 3 N–H and O–H groups in total. The predicted molar refractivity (Wildman–Crippen MR) is 86.5 cm³/mol. The van der Waals surface area contributed by atoms with Crippen molar-refractivity contribution in [3.05, 3.63) is 28.5 Å². The van der Waals surface area contributed by atoms with Gasteiger partial charge in [-0.3, -0.25) is 0 Å². The third kappa shape index (κ3) is 4.63. The van der Waals surface area contributed by atoms with Crippen molar-refractivity contribution in [1.82, 2.24) is 4.72 Å². The average Bonchev–Trinajstić information content (AvgIpc) is 2.42. The van der Waals surface area contributed by atoms with E-state index in [2.05, 4.69) is 20.7 Å². The van der Waals surface area contributed by atoms with E-state index >= 15 is 0 Å². The number of hydrogen-bond donors (Lipinski definition) is 2. The highest BCUT2D eigenvalue weighted by atomic mass is 79.9. The van der Waals surface area contributed by atoms with E-state index in [1.165, 1.54) is 12.1 Å².